The molecule has 1 aliphatic rings. The number of piperazine rings is 1. The molecule has 3 aromatic rings. The van der Waals surface area contributed by atoms with E-state index in [4.69, 9.17) is 9.72 Å². The largest absolute Gasteiger partial charge is 0.497 e. The van der Waals surface area contributed by atoms with Gasteiger partial charge in [-0.05, 0) is 31.5 Å². The molecule has 1 fully saturated rings. The third-order valence-corrected chi connectivity index (χ3v) is 6.20. The molecule has 184 valence electrons. The van der Waals surface area contributed by atoms with E-state index in [1.165, 1.54) is 0 Å². The fraction of sp³-hybridized carbons (Fsp3) is 0.400. The number of imidazole rings is 1. The molecule has 0 aliphatic carbocycles. The van der Waals surface area contributed by atoms with E-state index in [2.05, 4.69) is 20.2 Å². The summed E-state index contributed by atoms with van der Waals surface area (Å²) in [5.74, 6) is 1.92. The van der Waals surface area contributed by atoms with Crippen LogP contribution >= 0.6 is 0 Å². The van der Waals surface area contributed by atoms with Crippen LogP contribution < -0.4 is 15.0 Å². The highest BCUT2D eigenvalue weighted by Crippen LogP contribution is 2.23. The van der Waals surface area contributed by atoms with Crippen LogP contribution in [0.2, 0.25) is 0 Å². The second-order valence-electron chi connectivity index (χ2n) is 8.72. The van der Waals surface area contributed by atoms with Crippen LogP contribution in [0.1, 0.15) is 37.6 Å². The van der Waals surface area contributed by atoms with Crippen molar-refractivity contribution < 1.29 is 14.3 Å². The van der Waals surface area contributed by atoms with Crippen molar-refractivity contribution >= 4 is 17.6 Å². The summed E-state index contributed by atoms with van der Waals surface area (Å²) in [5, 5.41) is 3.09. The normalized spacial score (nSPS) is 16.6. The highest BCUT2D eigenvalue weighted by molar-refractivity contribution is 5.78. The zero-order chi connectivity index (χ0) is 24.9. The zero-order valence-electron chi connectivity index (χ0n) is 20.5. The fourth-order valence-electron chi connectivity index (χ4n) is 4.28. The van der Waals surface area contributed by atoms with Gasteiger partial charge >= 0.3 is 0 Å². The molecule has 10 nitrogen and oxygen atoms in total. The zero-order valence-corrected chi connectivity index (χ0v) is 20.5. The number of amides is 2. The first-order valence-corrected chi connectivity index (χ1v) is 11.6. The second-order valence-corrected chi connectivity index (χ2v) is 8.72. The van der Waals surface area contributed by atoms with E-state index >= 15 is 0 Å². The fourth-order valence-corrected chi connectivity index (χ4v) is 4.28. The first-order valence-electron chi connectivity index (χ1n) is 11.6. The first-order chi connectivity index (χ1) is 16.8. The van der Waals surface area contributed by atoms with E-state index in [0.717, 1.165) is 22.8 Å². The minimum atomic E-state index is -0.222. The molecule has 1 N–H and O–H groups in total. The standard InChI is InChI=1S/C25H31N7O3/c1-17-13-23(29-25(27-17)31-10-9-26-16-31)32-12-11-30(19(3)33)15-21(32)14-24(34)28-18(2)20-5-7-22(35-4)8-6-20/h5-10,13,16,18,21H,11-12,14-15H2,1-4H3,(H,28,34). The van der Waals surface area contributed by atoms with Crippen molar-refractivity contribution in [2.45, 2.75) is 39.3 Å². The van der Waals surface area contributed by atoms with E-state index in [1.54, 1.807) is 42.2 Å². The van der Waals surface area contributed by atoms with Crippen LogP contribution in [0, 0.1) is 6.92 Å². The molecule has 0 spiro atoms. The Hall–Kier alpha value is -3.95. The number of carbonyl (C=O) groups is 2. The van der Waals surface area contributed by atoms with Gasteiger partial charge in [0.2, 0.25) is 17.8 Å². The van der Waals surface area contributed by atoms with E-state index in [-0.39, 0.29) is 30.3 Å². The predicted molar refractivity (Wildman–Crippen MR) is 131 cm³/mol. The van der Waals surface area contributed by atoms with E-state index < -0.39 is 0 Å². The van der Waals surface area contributed by atoms with Crippen LogP contribution in [-0.2, 0) is 9.59 Å². The topological polar surface area (TPSA) is 105 Å². The van der Waals surface area contributed by atoms with Crippen LogP contribution in [0.5, 0.6) is 5.75 Å². The van der Waals surface area contributed by atoms with Crippen LogP contribution in [0.3, 0.4) is 0 Å². The molecule has 35 heavy (non-hydrogen) atoms. The monoisotopic (exact) mass is 477 g/mol. The number of hydrogen-bond donors (Lipinski definition) is 1. The summed E-state index contributed by atoms with van der Waals surface area (Å²) in [4.78, 5) is 42.4. The van der Waals surface area contributed by atoms with Gasteiger partial charge in [-0.25, -0.2) is 9.97 Å². The number of hydrogen-bond acceptors (Lipinski definition) is 7. The van der Waals surface area contributed by atoms with Crippen molar-refractivity contribution in [3.63, 3.8) is 0 Å². The van der Waals surface area contributed by atoms with E-state index in [9.17, 15) is 9.59 Å². The Morgan fingerprint density at radius 2 is 1.97 bits per heavy atom. The lowest BCUT2D eigenvalue weighted by Gasteiger charge is -2.41. The Balaban J connectivity index is 1.52. The number of nitrogens with zero attached hydrogens (tertiary/aromatic N) is 6. The summed E-state index contributed by atoms with van der Waals surface area (Å²) in [6, 6.07) is 9.16. The average molecular weight is 478 g/mol. The molecule has 2 amide bonds. The summed E-state index contributed by atoms with van der Waals surface area (Å²) < 4.78 is 6.96. The maximum absolute atomic E-state index is 13.1. The number of aryl methyl sites for hydroxylation is 1. The Labute approximate surface area is 205 Å². The summed E-state index contributed by atoms with van der Waals surface area (Å²) in [6.45, 7) is 7.01. The third-order valence-electron chi connectivity index (χ3n) is 6.20. The number of methoxy groups -OCH3 is 1. The minimum absolute atomic E-state index is 0.000341. The Kier molecular flexibility index (Phi) is 7.28. The smallest absolute Gasteiger partial charge is 0.237 e. The molecule has 0 bridgehead atoms. The summed E-state index contributed by atoms with van der Waals surface area (Å²) >= 11 is 0. The lowest BCUT2D eigenvalue weighted by atomic mass is 10.1. The molecular weight excluding hydrogens is 446 g/mol. The van der Waals surface area contributed by atoms with Crippen molar-refractivity contribution in [2.24, 2.45) is 0 Å². The minimum Gasteiger partial charge on any atom is -0.497 e. The molecule has 1 saturated heterocycles. The van der Waals surface area contributed by atoms with Crippen molar-refractivity contribution in [1.29, 1.82) is 0 Å². The Morgan fingerprint density at radius 1 is 1.20 bits per heavy atom. The van der Waals surface area contributed by atoms with Gasteiger partial charge in [0.1, 0.15) is 17.9 Å². The van der Waals surface area contributed by atoms with Crippen LogP contribution in [0.25, 0.3) is 5.95 Å². The van der Waals surface area contributed by atoms with Gasteiger partial charge in [-0.2, -0.15) is 4.98 Å². The van der Waals surface area contributed by atoms with Crippen LogP contribution in [-0.4, -0.2) is 69.0 Å². The molecule has 1 aliphatic heterocycles. The van der Waals surface area contributed by atoms with Gasteiger partial charge < -0.3 is 19.9 Å². The third kappa shape index (κ3) is 5.76. The Bertz CT molecular complexity index is 1160. The predicted octanol–water partition coefficient (Wildman–Crippen LogP) is 2.28. The lowest BCUT2D eigenvalue weighted by Crippen LogP contribution is -2.56. The van der Waals surface area contributed by atoms with Gasteiger partial charge in [0.05, 0.1) is 19.2 Å². The molecule has 0 radical (unpaired) electrons. The molecule has 10 heteroatoms. The van der Waals surface area contributed by atoms with Crippen molar-refractivity contribution in [1.82, 2.24) is 29.7 Å². The SMILES string of the molecule is COc1ccc(C(C)NC(=O)CC2CN(C(C)=O)CCN2c2cc(C)nc(-n3ccnc3)n2)cc1. The van der Waals surface area contributed by atoms with Gasteiger partial charge in [-0.15, -0.1) is 0 Å². The van der Waals surface area contributed by atoms with Crippen molar-refractivity contribution in [2.75, 3.05) is 31.6 Å². The number of aromatic nitrogens is 4. The van der Waals surface area contributed by atoms with E-state index in [0.29, 0.717) is 25.6 Å². The molecule has 0 saturated carbocycles. The van der Waals surface area contributed by atoms with Gasteiger partial charge in [0, 0.05) is 57.1 Å². The van der Waals surface area contributed by atoms with Gasteiger partial charge in [-0.1, -0.05) is 12.1 Å². The number of benzene rings is 1. The Morgan fingerprint density at radius 3 is 2.63 bits per heavy atom. The van der Waals surface area contributed by atoms with E-state index in [1.807, 2.05) is 44.2 Å². The summed E-state index contributed by atoms with van der Waals surface area (Å²) in [6.07, 6.45) is 5.34. The molecule has 1 aromatic carbocycles. The van der Waals surface area contributed by atoms with Crippen molar-refractivity contribution in [3.05, 3.63) is 60.3 Å². The highest BCUT2D eigenvalue weighted by Gasteiger charge is 2.31. The maximum Gasteiger partial charge on any atom is 0.237 e. The lowest BCUT2D eigenvalue weighted by molar-refractivity contribution is -0.130. The molecule has 4 rings (SSSR count). The number of carbonyl (C=O) groups excluding carboxylic acids is 2. The number of anilines is 1. The highest BCUT2D eigenvalue weighted by atomic mass is 16.5. The first kappa shape index (κ1) is 24.2. The van der Waals surface area contributed by atoms with Gasteiger partial charge in [0.15, 0.2) is 0 Å². The molecular formula is C25H31N7O3. The average Bonchev–Trinajstić information content (AvgIpc) is 3.38. The van der Waals surface area contributed by atoms with Crippen molar-refractivity contribution in [3.8, 4) is 11.7 Å². The molecule has 2 atom stereocenters. The summed E-state index contributed by atoms with van der Waals surface area (Å²) in [7, 11) is 1.62. The number of nitrogens with one attached hydrogen (secondary N) is 1. The second kappa shape index (κ2) is 10.5. The number of rotatable bonds is 7. The van der Waals surface area contributed by atoms with Crippen LogP contribution in [0.4, 0.5) is 5.82 Å². The quantitative estimate of drug-likeness (QED) is 0.557. The van der Waals surface area contributed by atoms with Gasteiger partial charge in [-0.3, -0.25) is 14.2 Å². The molecule has 2 unspecified atom stereocenters. The number of ether oxygens (including phenoxy) is 1. The van der Waals surface area contributed by atoms with Crippen LogP contribution in [0.15, 0.2) is 49.1 Å². The summed E-state index contributed by atoms with van der Waals surface area (Å²) in [5.41, 5.74) is 1.80. The maximum atomic E-state index is 13.1. The molecule has 2 aromatic heterocycles. The molecule has 3 heterocycles. The van der Waals surface area contributed by atoms with Gasteiger partial charge in [0.25, 0.3) is 0 Å².